The first kappa shape index (κ1) is 18.7. The molecule has 0 bridgehead atoms. The number of nitrogens with zero attached hydrogens (tertiary/aromatic N) is 1. The van der Waals surface area contributed by atoms with Gasteiger partial charge in [-0.3, -0.25) is 4.79 Å². The van der Waals surface area contributed by atoms with E-state index < -0.39 is 15.1 Å². The molecule has 3 aromatic rings. The molecule has 1 aromatic heterocycles. The second-order valence-corrected chi connectivity index (χ2v) is 8.83. The van der Waals surface area contributed by atoms with Gasteiger partial charge in [0.05, 0.1) is 0 Å². The molecule has 0 aliphatic rings. The van der Waals surface area contributed by atoms with Gasteiger partial charge < -0.3 is 9.73 Å². The van der Waals surface area contributed by atoms with Crippen LogP contribution in [0.3, 0.4) is 0 Å². The lowest BCUT2D eigenvalue weighted by Crippen LogP contribution is -2.41. The van der Waals surface area contributed by atoms with Crippen molar-refractivity contribution in [2.45, 2.75) is 14.4 Å². The third-order valence-corrected chi connectivity index (χ3v) is 5.50. The van der Waals surface area contributed by atoms with Crippen molar-refractivity contribution < 1.29 is 9.21 Å². The minimum Gasteiger partial charge on any atom is -0.431 e. The first-order valence-corrected chi connectivity index (χ1v) is 9.37. The van der Waals surface area contributed by atoms with Crippen LogP contribution in [0.25, 0.3) is 11.1 Å². The van der Waals surface area contributed by atoms with Gasteiger partial charge in [0.25, 0.3) is 11.1 Å². The maximum Gasteiger partial charge on any atom is 0.258 e. The molecule has 0 aliphatic heterocycles. The average molecular weight is 436 g/mol. The van der Waals surface area contributed by atoms with Gasteiger partial charge in [-0.1, -0.05) is 64.6 Å². The Labute approximate surface area is 167 Å². The molecule has 0 aliphatic carbocycles. The minimum atomic E-state index is -1.78. The summed E-state index contributed by atoms with van der Waals surface area (Å²) in [5.41, 5.74) is 1.63. The lowest BCUT2D eigenvalue weighted by atomic mass is 10.2. The van der Waals surface area contributed by atoms with Crippen molar-refractivity contribution in [3.05, 3.63) is 59.1 Å². The van der Waals surface area contributed by atoms with E-state index in [0.717, 1.165) is 11.8 Å². The number of hydrogen-bond acceptors (Lipinski definition) is 4. The number of thioether (sulfide) groups is 1. The maximum atomic E-state index is 12.4. The van der Waals surface area contributed by atoms with Gasteiger partial charge >= 0.3 is 0 Å². The number of carbonyl (C=O) groups excluding carboxylic acids is 1. The normalized spacial score (nSPS) is 13.0. The number of amides is 1. The highest BCUT2D eigenvalue weighted by molar-refractivity contribution is 8.00. The van der Waals surface area contributed by atoms with E-state index in [1.54, 1.807) is 30.3 Å². The highest BCUT2D eigenvalue weighted by atomic mass is 35.6. The summed E-state index contributed by atoms with van der Waals surface area (Å²) in [5, 5.41) is 2.46. The standard InChI is InChI=1S/C16H10Cl4N2O2S/c17-10-5-3-4-9(8-10)13(23)22-14(16(18,19)20)25-15-21-11-6-1-2-7-12(11)24-15/h1-8,14H,(H,22,23)/t14-/m1/s1. The predicted octanol–water partition coefficient (Wildman–Crippen LogP) is 5.70. The van der Waals surface area contributed by atoms with Crippen LogP contribution in [0.2, 0.25) is 5.02 Å². The number of nitrogens with one attached hydrogen (secondary N) is 1. The van der Waals surface area contributed by atoms with Crippen molar-refractivity contribution in [3.8, 4) is 0 Å². The minimum absolute atomic E-state index is 0.281. The van der Waals surface area contributed by atoms with Crippen LogP contribution in [0.5, 0.6) is 0 Å². The van der Waals surface area contributed by atoms with E-state index in [1.165, 1.54) is 6.07 Å². The summed E-state index contributed by atoms with van der Waals surface area (Å²) in [5.74, 6) is -0.428. The van der Waals surface area contributed by atoms with E-state index in [9.17, 15) is 4.79 Å². The smallest absolute Gasteiger partial charge is 0.258 e. The molecule has 0 saturated carbocycles. The fourth-order valence-electron chi connectivity index (χ4n) is 2.01. The topological polar surface area (TPSA) is 55.1 Å². The first-order valence-electron chi connectivity index (χ1n) is 6.98. The number of carbonyl (C=O) groups is 1. The summed E-state index contributed by atoms with van der Waals surface area (Å²) in [6.07, 6.45) is 0. The Bertz CT molecular complexity index is 877. The molecule has 2 aromatic carbocycles. The van der Waals surface area contributed by atoms with Crippen molar-refractivity contribution >= 4 is 75.2 Å². The lowest BCUT2D eigenvalue weighted by Gasteiger charge is -2.23. The van der Waals surface area contributed by atoms with E-state index in [1.807, 2.05) is 12.1 Å². The van der Waals surface area contributed by atoms with E-state index >= 15 is 0 Å². The van der Waals surface area contributed by atoms with E-state index in [-0.39, 0.29) is 5.22 Å². The van der Waals surface area contributed by atoms with Gasteiger partial charge in [0.2, 0.25) is 3.79 Å². The molecular formula is C16H10Cl4N2O2S. The fourth-order valence-corrected chi connectivity index (χ4v) is 3.56. The summed E-state index contributed by atoms with van der Waals surface area (Å²) in [7, 11) is 0. The highest BCUT2D eigenvalue weighted by Gasteiger charge is 2.36. The molecule has 1 amide bonds. The first-order chi connectivity index (χ1) is 11.8. The lowest BCUT2D eigenvalue weighted by molar-refractivity contribution is 0.0950. The molecule has 25 heavy (non-hydrogen) atoms. The zero-order chi connectivity index (χ0) is 18.0. The summed E-state index contributed by atoms with van der Waals surface area (Å²) in [6.45, 7) is 0. The highest BCUT2D eigenvalue weighted by Crippen LogP contribution is 2.39. The number of hydrogen-bond donors (Lipinski definition) is 1. The molecule has 9 heteroatoms. The molecule has 0 fully saturated rings. The second-order valence-electron chi connectivity index (χ2n) is 4.97. The van der Waals surface area contributed by atoms with Crippen LogP contribution in [-0.4, -0.2) is 20.1 Å². The summed E-state index contributed by atoms with van der Waals surface area (Å²) in [6, 6.07) is 13.7. The molecule has 0 unspecified atom stereocenters. The Morgan fingerprint density at radius 2 is 1.92 bits per heavy atom. The van der Waals surface area contributed by atoms with Gasteiger partial charge in [-0.2, -0.15) is 0 Å². The summed E-state index contributed by atoms with van der Waals surface area (Å²) < 4.78 is 3.83. The monoisotopic (exact) mass is 434 g/mol. The molecular weight excluding hydrogens is 426 g/mol. The SMILES string of the molecule is O=C(N[C@H](Sc1nc2ccccc2o1)C(Cl)(Cl)Cl)c1cccc(Cl)c1. The number of para-hydroxylation sites is 2. The van der Waals surface area contributed by atoms with Gasteiger partial charge in [0.15, 0.2) is 5.58 Å². The number of halogens is 4. The molecule has 3 rings (SSSR count). The summed E-state index contributed by atoms with van der Waals surface area (Å²) in [4.78, 5) is 16.7. The fraction of sp³-hybridized carbons (Fsp3) is 0.125. The number of aromatic nitrogens is 1. The summed E-state index contributed by atoms with van der Waals surface area (Å²) >= 11 is 24.9. The molecule has 4 nitrogen and oxygen atoms in total. The van der Waals surface area contributed by atoms with Crippen LogP contribution < -0.4 is 5.32 Å². The number of oxazole rings is 1. The molecule has 0 spiro atoms. The van der Waals surface area contributed by atoms with Gasteiger partial charge in [0, 0.05) is 10.6 Å². The third kappa shape index (κ3) is 4.74. The zero-order valence-corrected chi connectivity index (χ0v) is 16.2. The van der Waals surface area contributed by atoms with E-state index in [4.69, 9.17) is 50.8 Å². The predicted molar refractivity (Wildman–Crippen MR) is 103 cm³/mol. The molecule has 130 valence electrons. The Hall–Kier alpha value is -1.11. The van der Waals surface area contributed by atoms with Crippen LogP contribution in [-0.2, 0) is 0 Å². The van der Waals surface area contributed by atoms with Crippen molar-refractivity contribution in [2.24, 2.45) is 0 Å². The number of benzene rings is 2. The molecule has 0 radical (unpaired) electrons. The van der Waals surface area contributed by atoms with Gasteiger partial charge in [-0.25, -0.2) is 4.98 Å². The Morgan fingerprint density at radius 3 is 2.60 bits per heavy atom. The number of alkyl halides is 3. The number of fused-ring (bicyclic) bond motifs is 1. The van der Waals surface area contributed by atoms with Crippen LogP contribution in [0, 0.1) is 0 Å². The van der Waals surface area contributed by atoms with Gasteiger partial charge in [-0.05, 0) is 42.1 Å². The van der Waals surface area contributed by atoms with Crippen LogP contribution in [0.15, 0.2) is 58.2 Å². The quantitative estimate of drug-likeness (QED) is 0.324. The Balaban J connectivity index is 1.81. The van der Waals surface area contributed by atoms with Crippen molar-refractivity contribution in [1.29, 1.82) is 0 Å². The second kappa shape index (κ2) is 7.64. The van der Waals surface area contributed by atoms with Gasteiger partial charge in [0.1, 0.15) is 10.9 Å². The molecule has 1 heterocycles. The third-order valence-electron chi connectivity index (χ3n) is 3.14. The van der Waals surface area contributed by atoms with Crippen LogP contribution >= 0.6 is 58.2 Å². The van der Waals surface area contributed by atoms with Crippen LogP contribution in [0.1, 0.15) is 10.4 Å². The zero-order valence-electron chi connectivity index (χ0n) is 12.4. The Kier molecular flexibility index (Phi) is 5.71. The largest absolute Gasteiger partial charge is 0.431 e. The van der Waals surface area contributed by atoms with E-state index in [2.05, 4.69) is 10.3 Å². The van der Waals surface area contributed by atoms with E-state index in [0.29, 0.717) is 21.7 Å². The molecule has 1 N–H and O–H groups in total. The number of rotatable bonds is 4. The van der Waals surface area contributed by atoms with Crippen molar-refractivity contribution in [3.63, 3.8) is 0 Å². The van der Waals surface area contributed by atoms with Crippen molar-refractivity contribution in [2.75, 3.05) is 0 Å². The molecule has 1 atom stereocenters. The maximum absolute atomic E-state index is 12.4. The molecule has 0 saturated heterocycles. The average Bonchev–Trinajstić information content (AvgIpc) is 2.95. The van der Waals surface area contributed by atoms with Gasteiger partial charge in [-0.15, -0.1) is 0 Å². The van der Waals surface area contributed by atoms with Crippen molar-refractivity contribution in [1.82, 2.24) is 10.3 Å². The van der Waals surface area contributed by atoms with Crippen LogP contribution in [0.4, 0.5) is 0 Å². The Morgan fingerprint density at radius 1 is 1.16 bits per heavy atom.